The van der Waals surface area contributed by atoms with E-state index >= 15 is 0 Å². The highest BCUT2D eigenvalue weighted by Crippen LogP contribution is 2.24. The highest BCUT2D eigenvalue weighted by molar-refractivity contribution is 5.91. The molecule has 3 aromatic rings. The van der Waals surface area contributed by atoms with Gasteiger partial charge in [0.25, 0.3) is 11.6 Å². The molecule has 1 heterocycles. The molecule has 0 radical (unpaired) electrons. The largest absolute Gasteiger partial charge is 0.451 e. The summed E-state index contributed by atoms with van der Waals surface area (Å²) in [6.45, 7) is 1.37. The van der Waals surface area contributed by atoms with Gasteiger partial charge >= 0.3 is 5.97 Å². The van der Waals surface area contributed by atoms with Crippen molar-refractivity contribution in [3.8, 4) is 0 Å². The average Bonchev–Trinajstić information content (AvgIpc) is 3.07. The Kier molecular flexibility index (Phi) is 5.39. The van der Waals surface area contributed by atoms with Crippen molar-refractivity contribution in [3.63, 3.8) is 0 Å². The maximum atomic E-state index is 12.2. The van der Waals surface area contributed by atoms with E-state index in [1.807, 2.05) is 49.4 Å². The van der Waals surface area contributed by atoms with Crippen LogP contribution in [0.25, 0.3) is 10.8 Å². The highest BCUT2D eigenvalue weighted by atomic mass is 16.6. The van der Waals surface area contributed by atoms with Gasteiger partial charge in [0.05, 0.1) is 17.2 Å². The summed E-state index contributed by atoms with van der Waals surface area (Å²) in [4.78, 5) is 34.5. The van der Waals surface area contributed by atoms with Crippen LogP contribution in [0, 0.1) is 10.1 Å². The summed E-state index contributed by atoms with van der Waals surface area (Å²) >= 11 is 0. The van der Waals surface area contributed by atoms with Crippen LogP contribution in [-0.4, -0.2) is 28.0 Å². The van der Waals surface area contributed by atoms with E-state index in [2.05, 4.69) is 5.32 Å². The van der Waals surface area contributed by atoms with Crippen LogP contribution in [0.3, 0.4) is 0 Å². The lowest BCUT2D eigenvalue weighted by Gasteiger charge is -2.16. The van der Waals surface area contributed by atoms with Gasteiger partial charge in [-0.15, -0.1) is 0 Å². The number of amides is 1. The minimum atomic E-state index is -0.802. The molecule has 0 saturated carbocycles. The summed E-state index contributed by atoms with van der Waals surface area (Å²) in [5.74, 6) is -1.26. The number of hydrogen-bond donors (Lipinski definition) is 1. The Morgan fingerprint density at radius 1 is 1.21 bits per heavy atom. The Morgan fingerprint density at radius 3 is 2.64 bits per heavy atom. The lowest BCUT2D eigenvalue weighted by atomic mass is 10.00. The maximum absolute atomic E-state index is 12.2. The van der Waals surface area contributed by atoms with Crippen molar-refractivity contribution >= 4 is 28.3 Å². The Labute approximate surface area is 160 Å². The van der Waals surface area contributed by atoms with E-state index < -0.39 is 23.4 Å². The second-order valence-electron chi connectivity index (χ2n) is 6.39. The van der Waals surface area contributed by atoms with Crippen molar-refractivity contribution in [2.24, 2.45) is 7.05 Å². The monoisotopic (exact) mass is 381 g/mol. The number of nitro groups is 1. The maximum Gasteiger partial charge on any atom is 0.355 e. The van der Waals surface area contributed by atoms with Gasteiger partial charge < -0.3 is 14.6 Å². The van der Waals surface area contributed by atoms with Crippen molar-refractivity contribution in [2.45, 2.75) is 13.0 Å². The van der Waals surface area contributed by atoms with Gasteiger partial charge in [-0.2, -0.15) is 0 Å². The van der Waals surface area contributed by atoms with Gasteiger partial charge in [-0.25, -0.2) is 4.79 Å². The van der Waals surface area contributed by atoms with Crippen LogP contribution in [0.15, 0.2) is 54.7 Å². The number of ether oxygens (including phenoxy) is 1. The molecule has 1 aromatic heterocycles. The van der Waals surface area contributed by atoms with Gasteiger partial charge in [0, 0.05) is 13.1 Å². The summed E-state index contributed by atoms with van der Waals surface area (Å²) < 4.78 is 6.28. The van der Waals surface area contributed by atoms with Gasteiger partial charge in [0.15, 0.2) is 6.61 Å². The van der Waals surface area contributed by atoms with E-state index in [0.717, 1.165) is 22.4 Å². The van der Waals surface area contributed by atoms with Crippen LogP contribution in [0.4, 0.5) is 5.69 Å². The first-order valence-electron chi connectivity index (χ1n) is 8.61. The molecule has 3 rings (SSSR count). The van der Waals surface area contributed by atoms with Gasteiger partial charge in [-0.1, -0.05) is 42.5 Å². The minimum Gasteiger partial charge on any atom is -0.451 e. The van der Waals surface area contributed by atoms with Crippen LogP contribution in [0.2, 0.25) is 0 Å². The molecule has 8 heteroatoms. The molecular formula is C20H19N3O5. The fourth-order valence-electron chi connectivity index (χ4n) is 3.04. The van der Waals surface area contributed by atoms with Gasteiger partial charge in [-0.3, -0.25) is 14.9 Å². The van der Waals surface area contributed by atoms with E-state index in [1.165, 1.54) is 17.8 Å². The summed E-state index contributed by atoms with van der Waals surface area (Å²) in [5.41, 5.74) is 0.737. The fraction of sp³-hybridized carbons (Fsp3) is 0.200. The minimum absolute atomic E-state index is 0.00148. The van der Waals surface area contributed by atoms with E-state index in [9.17, 15) is 19.7 Å². The number of fused-ring (bicyclic) bond motifs is 1. The zero-order chi connectivity index (χ0) is 20.3. The number of carbonyl (C=O) groups excluding carboxylic acids is 2. The standard InChI is InChI=1S/C20H19N3O5/c1-13(16-9-5-7-14-6-3-4-8-17(14)16)21-19(24)12-28-20(25)18-10-15(23(26)27)11-22(18)2/h3-11,13H,12H2,1-2H3,(H,21,24). The topological polar surface area (TPSA) is 103 Å². The first kappa shape index (κ1) is 19.1. The molecule has 0 spiro atoms. The molecule has 0 saturated heterocycles. The van der Waals surface area contributed by atoms with Crippen LogP contribution >= 0.6 is 0 Å². The third-order valence-electron chi connectivity index (χ3n) is 4.41. The second-order valence-corrected chi connectivity index (χ2v) is 6.39. The number of esters is 1. The summed E-state index contributed by atoms with van der Waals surface area (Å²) in [5, 5.41) is 15.7. The van der Waals surface area contributed by atoms with Crippen molar-refractivity contribution in [1.82, 2.24) is 9.88 Å². The van der Waals surface area contributed by atoms with Gasteiger partial charge in [-0.05, 0) is 23.3 Å². The lowest BCUT2D eigenvalue weighted by molar-refractivity contribution is -0.384. The molecule has 1 amide bonds. The van der Waals surface area contributed by atoms with E-state index in [-0.39, 0.29) is 17.4 Å². The first-order valence-corrected chi connectivity index (χ1v) is 8.61. The Morgan fingerprint density at radius 2 is 1.93 bits per heavy atom. The molecule has 0 aliphatic carbocycles. The van der Waals surface area contributed by atoms with Crippen LogP contribution in [-0.2, 0) is 16.6 Å². The SMILES string of the molecule is CC(NC(=O)COC(=O)c1cc([N+](=O)[O-])cn1C)c1cccc2ccccc12. The van der Waals surface area contributed by atoms with Crippen molar-refractivity contribution in [2.75, 3.05) is 6.61 Å². The lowest BCUT2D eigenvalue weighted by Crippen LogP contribution is -2.31. The van der Waals surface area contributed by atoms with E-state index in [4.69, 9.17) is 4.74 Å². The van der Waals surface area contributed by atoms with Crippen LogP contribution in [0.5, 0.6) is 0 Å². The number of nitrogens with zero attached hydrogens (tertiary/aromatic N) is 2. The molecule has 1 atom stereocenters. The van der Waals surface area contributed by atoms with E-state index in [1.54, 1.807) is 0 Å². The molecule has 144 valence electrons. The molecule has 0 aliphatic heterocycles. The number of hydrogen-bond acceptors (Lipinski definition) is 5. The molecule has 1 N–H and O–H groups in total. The molecule has 2 aromatic carbocycles. The quantitative estimate of drug-likeness (QED) is 0.401. The van der Waals surface area contributed by atoms with Gasteiger partial charge in [0.2, 0.25) is 0 Å². The number of nitrogens with one attached hydrogen (secondary N) is 1. The molecule has 0 aliphatic rings. The molecule has 0 bridgehead atoms. The zero-order valence-corrected chi connectivity index (χ0v) is 15.4. The first-order chi connectivity index (χ1) is 13.4. The molecule has 1 unspecified atom stereocenters. The number of aromatic nitrogens is 1. The Hall–Kier alpha value is -3.68. The third-order valence-corrected chi connectivity index (χ3v) is 4.41. The predicted octanol–water partition coefficient (Wildman–Crippen LogP) is 3.12. The van der Waals surface area contributed by atoms with Crippen LogP contribution in [0.1, 0.15) is 29.0 Å². The van der Waals surface area contributed by atoms with Crippen molar-refractivity contribution in [3.05, 3.63) is 76.1 Å². The van der Waals surface area contributed by atoms with Crippen molar-refractivity contribution in [1.29, 1.82) is 0 Å². The smallest absolute Gasteiger partial charge is 0.355 e. The molecule has 0 fully saturated rings. The highest BCUT2D eigenvalue weighted by Gasteiger charge is 2.20. The second kappa shape index (κ2) is 7.91. The predicted molar refractivity (Wildman–Crippen MR) is 103 cm³/mol. The van der Waals surface area contributed by atoms with E-state index in [0.29, 0.717) is 0 Å². The summed E-state index contributed by atoms with van der Waals surface area (Å²) in [7, 11) is 1.49. The summed E-state index contributed by atoms with van der Waals surface area (Å²) in [6.07, 6.45) is 1.21. The fourth-order valence-corrected chi connectivity index (χ4v) is 3.04. The summed E-state index contributed by atoms with van der Waals surface area (Å²) in [6, 6.07) is 14.5. The zero-order valence-electron chi connectivity index (χ0n) is 15.4. The molecular weight excluding hydrogens is 362 g/mol. The molecule has 8 nitrogen and oxygen atoms in total. The van der Waals surface area contributed by atoms with Crippen LogP contribution < -0.4 is 5.32 Å². The Balaban J connectivity index is 1.62. The number of aryl methyl sites for hydroxylation is 1. The van der Waals surface area contributed by atoms with Gasteiger partial charge in [0.1, 0.15) is 5.69 Å². The number of benzene rings is 2. The van der Waals surface area contributed by atoms with Crippen molar-refractivity contribution < 1.29 is 19.2 Å². The number of carbonyl (C=O) groups is 2. The molecule has 28 heavy (non-hydrogen) atoms. The Bertz CT molecular complexity index is 1050. The average molecular weight is 381 g/mol. The number of rotatable bonds is 6. The normalized spacial score (nSPS) is 11.8. The third kappa shape index (κ3) is 4.01.